The van der Waals surface area contributed by atoms with Gasteiger partial charge in [0.15, 0.2) is 11.3 Å². The number of fused-ring (bicyclic) bond motifs is 4. The molecule has 1 aliphatic heterocycles. The Kier molecular flexibility index (Phi) is 7.56. The first-order valence-electron chi connectivity index (χ1n) is 13.6. The lowest BCUT2D eigenvalue weighted by Gasteiger charge is -2.24. The van der Waals surface area contributed by atoms with Crippen molar-refractivity contribution >= 4 is 39.4 Å². The second kappa shape index (κ2) is 11.2. The molecule has 0 fully saturated rings. The highest BCUT2D eigenvalue weighted by atomic mass is 16.5. The lowest BCUT2D eigenvalue weighted by atomic mass is 9.86. The van der Waals surface area contributed by atoms with E-state index in [-0.39, 0.29) is 24.5 Å². The molecular weight excluding hydrogens is 506 g/mol. The summed E-state index contributed by atoms with van der Waals surface area (Å²) in [5.74, 6) is -1.09. The topological polar surface area (TPSA) is 86.0 Å². The molecule has 1 heterocycles. The van der Waals surface area contributed by atoms with Gasteiger partial charge in [-0.1, -0.05) is 42.5 Å². The molecule has 0 amide bonds. The van der Waals surface area contributed by atoms with E-state index in [1.165, 1.54) is 0 Å². The van der Waals surface area contributed by atoms with Gasteiger partial charge in [-0.15, -0.1) is 0 Å². The number of ether oxygens (including phenoxy) is 2. The third-order valence-electron chi connectivity index (χ3n) is 7.12. The van der Waals surface area contributed by atoms with Gasteiger partial charge in [-0.25, -0.2) is 9.59 Å². The summed E-state index contributed by atoms with van der Waals surface area (Å²) in [5, 5.41) is 1.71. The highest BCUT2D eigenvalue weighted by molar-refractivity contribution is 6.17. The van der Waals surface area contributed by atoms with E-state index >= 15 is 0 Å². The number of benzene rings is 4. The summed E-state index contributed by atoms with van der Waals surface area (Å²) in [5.41, 5.74) is 3.00. The Balaban J connectivity index is 2.02. The Morgan fingerprint density at radius 2 is 1.40 bits per heavy atom. The summed E-state index contributed by atoms with van der Waals surface area (Å²) >= 11 is 0. The molecule has 3 aromatic rings. The first kappa shape index (κ1) is 26.9. The average molecular weight is 538 g/mol. The molecule has 0 radical (unpaired) electrons. The fraction of sp³-hybridized carbons (Fsp3) is 0.242. The van der Waals surface area contributed by atoms with Gasteiger partial charge in [-0.3, -0.25) is 4.79 Å². The maximum atomic E-state index is 13.7. The lowest BCUT2D eigenvalue weighted by molar-refractivity contribution is 0.0515. The summed E-state index contributed by atoms with van der Waals surface area (Å²) < 4.78 is 17.2. The van der Waals surface area contributed by atoms with Gasteiger partial charge in [0, 0.05) is 46.7 Å². The Morgan fingerprint density at radius 1 is 0.750 bits per heavy atom. The molecule has 7 nitrogen and oxygen atoms in total. The van der Waals surface area contributed by atoms with Gasteiger partial charge in [0.1, 0.15) is 5.58 Å². The molecule has 0 bridgehead atoms. The molecule has 0 aromatic heterocycles. The number of hydrogen-bond donors (Lipinski definition) is 0. The fourth-order valence-corrected chi connectivity index (χ4v) is 5.32. The molecule has 3 aromatic carbocycles. The van der Waals surface area contributed by atoms with Crippen molar-refractivity contribution in [1.29, 1.82) is 0 Å². The van der Waals surface area contributed by atoms with Crippen LogP contribution in [0.5, 0.6) is 0 Å². The largest absolute Gasteiger partial charge is 0.462 e. The number of nitrogens with zero attached hydrogens (tertiary/aromatic N) is 1. The summed E-state index contributed by atoms with van der Waals surface area (Å²) in [6.07, 6.45) is 0. The third-order valence-corrected chi connectivity index (χ3v) is 7.12. The molecule has 0 saturated heterocycles. The molecule has 204 valence electrons. The Hall–Kier alpha value is -4.65. The standard InChI is InChI=1S/C33H31NO6/c1-5-34(6-2)20-17-18-25-26(19-20)40-31-28(27(25)22-14-10-12-16-24(22)32(36)38-7-3)21-13-9-11-15-23(21)30(35)29(31)33(37)39-8-4/h9-19H,5-8H2,1-4H3. The summed E-state index contributed by atoms with van der Waals surface area (Å²) in [7, 11) is 0. The number of rotatable bonds is 8. The van der Waals surface area contributed by atoms with Gasteiger partial charge >= 0.3 is 11.9 Å². The average Bonchev–Trinajstić information content (AvgIpc) is 2.97. The van der Waals surface area contributed by atoms with Crippen LogP contribution in [0.4, 0.5) is 5.69 Å². The van der Waals surface area contributed by atoms with Crippen molar-refractivity contribution in [2.45, 2.75) is 27.7 Å². The quantitative estimate of drug-likeness (QED) is 0.121. The van der Waals surface area contributed by atoms with Crippen LogP contribution in [0.1, 0.15) is 48.4 Å². The zero-order chi connectivity index (χ0) is 28.4. The molecule has 0 spiro atoms. The summed E-state index contributed by atoms with van der Waals surface area (Å²) in [4.78, 5) is 42.3. The molecular formula is C33H31NO6. The van der Waals surface area contributed by atoms with Gasteiger partial charge in [-0.2, -0.15) is 0 Å². The van der Waals surface area contributed by atoms with E-state index in [9.17, 15) is 14.4 Å². The minimum absolute atomic E-state index is 0.102. The van der Waals surface area contributed by atoms with Crippen LogP contribution >= 0.6 is 0 Å². The third kappa shape index (κ3) is 4.47. The zero-order valence-corrected chi connectivity index (χ0v) is 23.1. The molecule has 0 N–H and O–H groups in total. The van der Waals surface area contributed by atoms with Crippen molar-refractivity contribution in [2.75, 3.05) is 31.2 Å². The fourth-order valence-electron chi connectivity index (χ4n) is 5.32. The Labute approximate surface area is 232 Å². The first-order chi connectivity index (χ1) is 19.4. The molecule has 5 rings (SSSR count). The zero-order valence-electron chi connectivity index (χ0n) is 23.1. The SMILES string of the molecule is CCOC(=O)c1ccccc1-c1c2c3ccccc3c(=O)c(C(=O)OCC)c-2oc2cc(N(CC)CC)ccc12. The summed E-state index contributed by atoms with van der Waals surface area (Å²) in [6.45, 7) is 9.50. The van der Waals surface area contributed by atoms with Crippen molar-refractivity contribution in [1.82, 2.24) is 0 Å². The molecule has 0 unspecified atom stereocenters. The van der Waals surface area contributed by atoms with E-state index in [0.717, 1.165) is 24.2 Å². The van der Waals surface area contributed by atoms with Crippen molar-refractivity contribution in [3.8, 4) is 22.5 Å². The van der Waals surface area contributed by atoms with Crippen LogP contribution in [0.2, 0.25) is 0 Å². The van der Waals surface area contributed by atoms with E-state index in [2.05, 4.69) is 18.7 Å². The Bertz CT molecular complexity index is 1770. The van der Waals surface area contributed by atoms with Crippen LogP contribution in [-0.4, -0.2) is 38.2 Å². The van der Waals surface area contributed by atoms with Crippen molar-refractivity contribution < 1.29 is 23.5 Å². The predicted molar refractivity (Wildman–Crippen MR) is 158 cm³/mol. The number of hydrogen-bond acceptors (Lipinski definition) is 7. The highest BCUT2D eigenvalue weighted by Crippen LogP contribution is 2.46. The van der Waals surface area contributed by atoms with E-state index in [1.807, 2.05) is 42.5 Å². The normalized spacial score (nSPS) is 11.2. The van der Waals surface area contributed by atoms with E-state index in [0.29, 0.717) is 38.6 Å². The summed E-state index contributed by atoms with van der Waals surface area (Å²) in [6, 6.07) is 20.2. The van der Waals surface area contributed by atoms with Crippen molar-refractivity contribution in [3.05, 3.63) is 88.1 Å². The van der Waals surface area contributed by atoms with E-state index in [4.69, 9.17) is 13.9 Å². The van der Waals surface area contributed by atoms with Crippen LogP contribution in [0, 0.1) is 0 Å². The maximum absolute atomic E-state index is 13.7. The molecule has 2 aliphatic rings. The van der Waals surface area contributed by atoms with Gasteiger partial charge in [-0.05, 0) is 56.8 Å². The molecule has 1 aliphatic carbocycles. The number of anilines is 1. The van der Waals surface area contributed by atoms with E-state index < -0.39 is 17.4 Å². The van der Waals surface area contributed by atoms with Crippen molar-refractivity contribution in [2.24, 2.45) is 0 Å². The molecule has 0 saturated carbocycles. The minimum Gasteiger partial charge on any atom is -0.462 e. The van der Waals surface area contributed by atoms with Gasteiger partial charge in [0.25, 0.3) is 0 Å². The second-order valence-corrected chi connectivity index (χ2v) is 9.27. The van der Waals surface area contributed by atoms with Crippen LogP contribution in [-0.2, 0) is 9.47 Å². The van der Waals surface area contributed by atoms with Gasteiger partial charge in [0.2, 0.25) is 5.43 Å². The number of esters is 2. The van der Waals surface area contributed by atoms with Crippen LogP contribution in [0.3, 0.4) is 0 Å². The monoisotopic (exact) mass is 537 g/mol. The molecule has 40 heavy (non-hydrogen) atoms. The highest BCUT2D eigenvalue weighted by Gasteiger charge is 2.31. The van der Waals surface area contributed by atoms with Crippen molar-refractivity contribution in [3.63, 3.8) is 0 Å². The van der Waals surface area contributed by atoms with E-state index in [1.54, 1.807) is 38.1 Å². The van der Waals surface area contributed by atoms with Gasteiger partial charge < -0.3 is 18.8 Å². The minimum atomic E-state index is -0.754. The molecule has 7 heteroatoms. The van der Waals surface area contributed by atoms with Crippen LogP contribution in [0.25, 0.3) is 44.2 Å². The Morgan fingerprint density at radius 3 is 2.10 bits per heavy atom. The number of carbonyl (C=O) groups excluding carboxylic acids is 2. The number of carbonyl (C=O) groups is 2. The van der Waals surface area contributed by atoms with Crippen LogP contribution in [0.15, 0.2) is 75.9 Å². The smallest absolute Gasteiger partial charge is 0.346 e. The first-order valence-corrected chi connectivity index (χ1v) is 13.6. The predicted octanol–water partition coefficient (Wildman–Crippen LogP) is 6.92. The lowest BCUT2D eigenvalue weighted by Crippen LogP contribution is -2.22. The molecule has 0 atom stereocenters. The second-order valence-electron chi connectivity index (χ2n) is 9.27. The maximum Gasteiger partial charge on any atom is 0.346 e. The van der Waals surface area contributed by atoms with Gasteiger partial charge in [0.05, 0.1) is 18.8 Å². The van der Waals surface area contributed by atoms with Crippen LogP contribution < -0.4 is 10.3 Å².